The van der Waals surface area contributed by atoms with Gasteiger partial charge in [0.25, 0.3) is 0 Å². The minimum Gasteiger partial charge on any atom is -0.134 e. The predicted octanol–water partition coefficient (Wildman–Crippen LogP) is 9.81. The van der Waals surface area contributed by atoms with E-state index in [0.29, 0.717) is 0 Å². The molecule has 144 valence electrons. The molecule has 0 radical (unpaired) electrons. The third-order valence-electron chi connectivity index (χ3n) is 5.44. The molecule has 6 aromatic rings. The minimum absolute atomic E-state index is 1.27. The van der Waals surface area contributed by atoms with Crippen LogP contribution in [0.3, 0.4) is 0 Å². The van der Waals surface area contributed by atoms with Crippen LogP contribution in [0.2, 0.25) is 0 Å². The molecule has 6 rings (SSSR count). The van der Waals surface area contributed by atoms with E-state index < -0.39 is 0 Å². The molecule has 0 saturated heterocycles. The van der Waals surface area contributed by atoms with Crippen molar-refractivity contribution in [3.63, 3.8) is 0 Å². The lowest BCUT2D eigenvalue weighted by atomic mass is 10.0. The first-order chi connectivity index (χ1) is 14.7. The molecule has 4 aromatic carbocycles. The topological polar surface area (TPSA) is 0 Å². The fourth-order valence-corrected chi connectivity index (χ4v) is 7.35. The van der Waals surface area contributed by atoms with Gasteiger partial charge >= 0.3 is 0 Å². The smallest absolute Gasteiger partial charge is 0.0542 e. The highest BCUT2D eigenvalue weighted by molar-refractivity contribution is 14.1. The fourth-order valence-electron chi connectivity index (χ4n) is 3.90. The average Bonchev–Trinajstić information content (AvgIpc) is 3.29. The van der Waals surface area contributed by atoms with Gasteiger partial charge in [-0.15, -0.1) is 22.7 Å². The second-order valence-corrected chi connectivity index (χ2v) is 11.9. The lowest BCUT2D eigenvalue weighted by molar-refractivity contribution is 1.62. The van der Waals surface area contributed by atoms with Crippen molar-refractivity contribution in [3.8, 4) is 22.3 Å². The molecule has 2 aromatic heterocycles. The van der Waals surface area contributed by atoms with Crippen molar-refractivity contribution in [3.05, 3.63) is 92.1 Å². The lowest BCUT2D eigenvalue weighted by Gasteiger charge is -2.03. The fraction of sp³-hybridized carbons (Fsp3) is 0. The molecular formula is C26H14I2S2. The summed E-state index contributed by atoms with van der Waals surface area (Å²) in [6.07, 6.45) is 0. The summed E-state index contributed by atoms with van der Waals surface area (Å²) in [4.78, 5) is 0. The summed E-state index contributed by atoms with van der Waals surface area (Å²) in [5.41, 5.74) is 5.14. The number of halogens is 2. The van der Waals surface area contributed by atoms with Crippen LogP contribution in [0, 0.1) is 7.14 Å². The molecule has 0 bridgehead atoms. The zero-order chi connectivity index (χ0) is 20.2. The van der Waals surface area contributed by atoms with E-state index in [2.05, 4.69) is 130 Å². The summed E-state index contributed by atoms with van der Waals surface area (Å²) in [5.74, 6) is 0. The van der Waals surface area contributed by atoms with Gasteiger partial charge in [-0.25, -0.2) is 0 Å². The number of hydrogen-bond donors (Lipinski definition) is 0. The molecule has 0 atom stereocenters. The molecule has 2 heterocycles. The van der Waals surface area contributed by atoms with Crippen molar-refractivity contribution >= 4 is 97.4 Å². The number of fused-ring (bicyclic) bond motifs is 5. The Balaban J connectivity index is 1.48. The Labute approximate surface area is 209 Å². The highest BCUT2D eigenvalue weighted by Gasteiger charge is 2.13. The Morgan fingerprint density at radius 1 is 0.433 bits per heavy atom. The normalized spacial score (nSPS) is 11.7. The first kappa shape index (κ1) is 19.2. The van der Waals surface area contributed by atoms with Gasteiger partial charge in [-0.2, -0.15) is 0 Å². The van der Waals surface area contributed by atoms with Gasteiger partial charge in [0.05, 0.1) is 9.40 Å². The van der Waals surface area contributed by atoms with Gasteiger partial charge in [0.2, 0.25) is 0 Å². The Morgan fingerprint density at radius 2 is 0.800 bits per heavy atom. The maximum absolute atomic E-state index is 2.36. The van der Waals surface area contributed by atoms with E-state index in [1.54, 1.807) is 0 Å². The van der Waals surface area contributed by atoms with Gasteiger partial charge in [-0.05, 0) is 104 Å². The third kappa shape index (κ3) is 3.28. The van der Waals surface area contributed by atoms with Crippen LogP contribution in [0.1, 0.15) is 0 Å². The molecule has 0 fully saturated rings. The molecule has 0 amide bonds. The first-order valence-electron chi connectivity index (χ1n) is 9.56. The third-order valence-corrected chi connectivity index (χ3v) is 9.38. The van der Waals surface area contributed by atoms with E-state index in [1.165, 1.54) is 59.0 Å². The second-order valence-electron chi connectivity index (χ2n) is 7.30. The van der Waals surface area contributed by atoms with Gasteiger partial charge in [-0.1, -0.05) is 48.5 Å². The first-order valence-corrected chi connectivity index (χ1v) is 13.4. The number of rotatable bonds is 2. The zero-order valence-corrected chi connectivity index (χ0v) is 21.6. The molecule has 0 aliphatic rings. The molecule has 30 heavy (non-hydrogen) atoms. The minimum atomic E-state index is 1.27. The monoisotopic (exact) mass is 644 g/mol. The van der Waals surface area contributed by atoms with E-state index in [1.807, 2.05) is 22.7 Å². The number of thiophene rings is 2. The van der Waals surface area contributed by atoms with Gasteiger partial charge in [0, 0.05) is 27.3 Å². The van der Waals surface area contributed by atoms with Crippen molar-refractivity contribution in [2.45, 2.75) is 0 Å². The van der Waals surface area contributed by atoms with E-state index in [4.69, 9.17) is 0 Å². The van der Waals surface area contributed by atoms with E-state index in [-0.39, 0.29) is 0 Å². The van der Waals surface area contributed by atoms with Crippen molar-refractivity contribution in [1.82, 2.24) is 0 Å². The summed E-state index contributed by atoms with van der Waals surface area (Å²) in [6, 6.07) is 31.3. The molecule has 0 saturated carbocycles. The maximum Gasteiger partial charge on any atom is 0.0542 e. The summed E-state index contributed by atoms with van der Waals surface area (Å²) in [6.45, 7) is 0. The van der Waals surface area contributed by atoms with Crippen LogP contribution >= 0.6 is 67.9 Å². The van der Waals surface area contributed by atoms with Gasteiger partial charge in [0.1, 0.15) is 0 Å². The van der Waals surface area contributed by atoms with Crippen LogP contribution in [-0.4, -0.2) is 0 Å². The van der Waals surface area contributed by atoms with Crippen LogP contribution in [-0.2, 0) is 0 Å². The van der Waals surface area contributed by atoms with E-state index in [9.17, 15) is 0 Å². The Bertz CT molecular complexity index is 1420. The molecule has 0 nitrogen and oxygen atoms in total. The van der Waals surface area contributed by atoms with Crippen LogP contribution in [0.15, 0.2) is 84.9 Å². The highest BCUT2D eigenvalue weighted by Crippen LogP contribution is 2.45. The number of benzene rings is 4. The van der Waals surface area contributed by atoms with Crippen LogP contribution < -0.4 is 0 Å². The summed E-state index contributed by atoms with van der Waals surface area (Å²) >= 11 is 8.56. The summed E-state index contributed by atoms with van der Waals surface area (Å²) < 4.78 is 8.11. The molecule has 0 aliphatic heterocycles. The molecule has 0 aliphatic carbocycles. The van der Waals surface area contributed by atoms with Gasteiger partial charge in [0.15, 0.2) is 0 Å². The van der Waals surface area contributed by atoms with Gasteiger partial charge < -0.3 is 0 Å². The van der Waals surface area contributed by atoms with Crippen molar-refractivity contribution in [2.75, 3.05) is 0 Å². The maximum atomic E-state index is 2.36. The second kappa shape index (κ2) is 7.58. The highest BCUT2D eigenvalue weighted by atomic mass is 127. The van der Waals surface area contributed by atoms with Crippen LogP contribution in [0.5, 0.6) is 0 Å². The molecule has 0 unspecified atom stereocenters. The largest absolute Gasteiger partial charge is 0.134 e. The average molecular weight is 644 g/mol. The SMILES string of the molecule is Ic1ccc(-c2ccc3c(c2)sc2c4ccc(-c5ccc(I)cc5)cc4sc32)cc1. The molecular weight excluding hydrogens is 630 g/mol. The van der Waals surface area contributed by atoms with Crippen molar-refractivity contribution < 1.29 is 0 Å². The molecule has 0 spiro atoms. The van der Waals surface area contributed by atoms with Crippen LogP contribution in [0.4, 0.5) is 0 Å². The Kier molecular flexibility index (Phi) is 4.86. The van der Waals surface area contributed by atoms with E-state index in [0.717, 1.165) is 0 Å². The zero-order valence-electron chi connectivity index (χ0n) is 15.7. The Hall–Kier alpha value is -1.48. The van der Waals surface area contributed by atoms with E-state index >= 15 is 0 Å². The number of hydrogen-bond acceptors (Lipinski definition) is 2. The molecule has 4 heteroatoms. The van der Waals surface area contributed by atoms with Crippen molar-refractivity contribution in [1.29, 1.82) is 0 Å². The standard InChI is InChI=1S/C26H14I2S2/c27-19-7-1-15(2-8-19)17-5-11-21-23(13-17)29-26-22-12-6-18(14-24(22)30-25(21)26)16-3-9-20(28)10-4-16/h1-14H. The van der Waals surface area contributed by atoms with Gasteiger partial charge in [-0.3, -0.25) is 0 Å². The molecule has 0 N–H and O–H groups in total. The quantitative estimate of drug-likeness (QED) is 0.165. The van der Waals surface area contributed by atoms with Crippen LogP contribution in [0.25, 0.3) is 51.8 Å². The van der Waals surface area contributed by atoms with Crippen molar-refractivity contribution in [2.24, 2.45) is 0 Å². The lowest BCUT2D eigenvalue weighted by Crippen LogP contribution is -1.78. The Morgan fingerprint density at radius 3 is 1.20 bits per heavy atom. The predicted molar refractivity (Wildman–Crippen MR) is 151 cm³/mol. The summed E-state index contributed by atoms with van der Waals surface area (Å²) in [5, 5.41) is 2.75. The summed E-state index contributed by atoms with van der Waals surface area (Å²) in [7, 11) is 0.